The van der Waals surface area contributed by atoms with Crippen LogP contribution in [-0.4, -0.2) is 17.9 Å². The van der Waals surface area contributed by atoms with Gasteiger partial charge >= 0.3 is 0 Å². The highest BCUT2D eigenvalue weighted by atomic mass is 32.2. The summed E-state index contributed by atoms with van der Waals surface area (Å²) < 4.78 is 7.44. The van der Waals surface area contributed by atoms with Gasteiger partial charge in [0.15, 0.2) is 5.75 Å². The molecule has 3 heteroatoms. The van der Waals surface area contributed by atoms with Crippen LogP contribution in [0.25, 0.3) is 0 Å². The molecule has 1 heterocycles. The zero-order valence-electron chi connectivity index (χ0n) is 8.00. The van der Waals surface area contributed by atoms with E-state index in [4.69, 9.17) is 4.74 Å². The van der Waals surface area contributed by atoms with Crippen LogP contribution in [0.5, 0.6) is 5.75 Å². The first-order valence-electron chi connectivity index (χ1n) is 3.99. The van der Waals surface area contributed by atoms with E-state index in [1.54, 1.807) is 18.9 Å². The van der Waals surface area contributed by atoms with Crippen molar-refractivity contribution in [2.75, 3.05) is 13.4 Å². The van der Waals surface area contributed by atoms with Crippen LogP contribution in [0.3, 0.4) is 0 Å². The third-order valence-electron chi connectivity index (χ3n) is 1.80. The summed E-state index contributed by atoms with van der Waals surface area (Å²) in [5.41, 5.74) is 0. The molecule has 0 fully saturated rings. The lowest BCUT2D eigenvalue weighted by Gasteiger charge is -2.11. The van der Waals surface area contributed by atoms with E-state index in [1.165, 1.54) is 5.03 Å². The standard InChI is InChI=1S/C9H15NOS/c1-7(2)10-6-5-8(11-3)9(10)12-4/h5-7H,1-4H3. The molecule has 0 unspecified atom stereocenters. The Kier molecular flexibility index (Phi) is 3.09. The molecule has 0 atom stereocenters. The molecule has 12 heavy (non-hydrogen) atoms. The number of ether oxygens (including phenoxy) is 1. The van der Waals surface area contributed by atoms with Gasteiger partial charge in [0, 0.05) is 12.2 Å². The number of aromatic nitrogens is 1. The molecule has 0 spiro atoms. The Hall–Kier alpha value is -0.570. The Morgan fingerprint density at radius 2 is 2.17 bits per heavy atom. The maximum atomic E-state index is 5.23. The van der Waals surface area contributed by atoms with Crippen molar-refractivity contribution in [2.24, 2.45) is 0 Å². The third kappa shape index (κ3) is 1.61. The van der Waals surface area contributed by atoms with Gasteiger partial charge in [0.05, 0.1) is 7.11 Å². The monoisotopic (exact) mass is 185 g/mol. The van der Waals surface area contributed by atoms with Crippen LogP contribution in [0.2, 0.25) is 0 Å². The topological polar surface area (TPSA) is 14.2 Å². The van der Waals surface area contributed by atoms with Crippen LogP contribution in [0, 0.1) is 0 Å². The molecule has 68 valence electrons. The van der Waals surface area contributed by atoms with Crippen LogP contribution in [0.4, 0.5) is 0 Å². The average molecular weight is 185 g/mol. The van der Waals surface area contributed by atoms with Gasteiger partial charge < -0.3 is 9.30 Å². The van der Waals surface area contributed by atoms with E-state index in [2.05, 4.69) is 30.9 Å². The average Bonchev–Trinajstić information content (AvgIpc) is 2.46. The Morgan fingerprint density at radius 1 is 1.50 bits per heavy atom. The molecule has 0 saturated carbocycles. The van der Waals surface area contributed by atoms with Crippen molar-refractivity contribution in [3.8, 4) is 5.75 Å². The summed E-state index contributed by atoms with van der Waals surface area (Å²) in [4.78, 5) is 0. The lowest BCUT2D eigenvalue weighted by atomic mass is 10.4. The van der Waals surface area contributed by atoms with Crippen LogP contribution in [0.15, 0.2) is 17.3 Å². The minimum absolute atomic E-state index is 0.497. The molecule has 1 aromatic heterocycles. The van der Waals surface area contributed by atoms with Crippen LogP contribution >= 0.6 is 11.8 Å². The third-order valence-corrected chi connectivity index (χ3v) is 2.60. The van der Waals surface area contributed by atoms with E-state index in [9.17, 15) is 0 Å². The van der Waals surface area contributed by atoms with Crippen molar-refractivity contribution in [2.45, 2.75) is 24.9 Å². The van der Waals surface area contributed by atoms with Crippen LogP contribution in [0.1, 0.15) is 19.9 Å². The van der Waals surface area contributed by atoms with Gasteiger partial charge in [-0.1, -0.05) is 0 Å². The van der Waals surface area contributed by atoms with Crippen LogP contribution < -0.4 is 4.74 Å². The normalized spacial score (nSPS) is 10.8. The molecular weight excluding hydrogens is 170 g/mol. The van der Waals surface area contributed by atoms with Gasteiger partial charge in [-0.3, -0.25) is 0 Å². The highest BCUT2D eigenvalue weighted by molar-refractivity contribution is 7.98. The van der Waals surface area contributed by atoms with E-state index >= 15 is 0 Å². The SMILES string of the molecule is COc1ccn(C(C)C)c1SC. The smallest absolute Gasteiger partial charge is 0.150 e. The van der Waals surface area contributed by atoms with Crippen molar-refractivity contribution in [3.05, 3.63) is 12.3 Å². The van der Waals surface area contributed by atoms with Gasteiger partial charge in [-0.25, -0.2) is 0 Å². The lowest BCUT2D eigenvalue weighted by Crippen LogP contribution is -2.00. The van der Waals surface area contributed by atoms with Gasteiger partial charge in [-0.05, 0) is 26.2 Å². The molecule has 0 aliphatic carbocycles. The van der Waals surface area contributed by atoms with E-state index in [0.29, 0.717) is 6.04 Å². The highest BCUT2D eigenvalue weighted by Gasteiger charge is 2.09. The largest absolute Gasteiger partial charge is 0.494 e. The van der Waals surface area contributed by atoms with E-state index in [1.807, 2.05) is 6.07 Å². The molecule has 0 amide bonds. The molecule has 0 N–H and O–H groups in total. The summed E-state index contributed by atoms with van der Waals surface area (Å²) in [6, 6.07) is 2.50. The Morgan fingerprint density at radius 3 is 2.58 bits per heavy atom. The van der Waals surface area contributed by atoms with E-state index in [-0.39, 0.29) is 0 Å². The van der Waals surface area contributed by atoms with Crippen molar-refractivity contribution in [1.29, 1.82) is 0 Å². The van der Waals surface area contributed by atoms with Gasteiger partial charge in [0.2, 0.25) is 0 Å². The predicted octanol–water partition coefficient (Wildman–Crippen LogP) is 2.80. The summed E-state index contributed by atoms with van der Waals surface area (Å²) in [5, 5.41) is 1.20. The van der Waals surface area contributed by atoms with E-state index < -0.39 is 0 Å². The quantitative estimate of drug-likeness (QED) is 0.672. The number of rotatable bonds is 3. The second-order valence-electron chi connectivity index (χ2n) is 2.89. The Bertz CT molecular complexity index is 255. The summed E-state index contributed by atoms with van der Waals surface area (Å²) >= 11 is 1.72. The number of hydrogen-bond acceptors (Lipinski definition) is 2. The second-order valence-corrected chi connectivity index (χ2v) is 3.69. The maximum Gasteiger partial charge on any atom is 0.150 e. The molecule has 0 radical (unpaired) electrons. The first-order chi connectivity index (χ1) is 5.70. The molecule has 0 bridgehead atoms. The molecule has 1 rings (SSSR count). The lowest BCUT2D eigenvalue weighted by molar-refractivity contribution is 0.396. The molecule has 0 saturated heterocycles. The number of hydrogen-bond donors (Lipinski definition) is 0. The fraction of sp³-hybridized carbons (Fsp3) is 0.556. The fourth-order valence-corrected chi connectivity index (χ4v) is 2.02. The minimum Gasteiger partial charge on any atom is -0.494 e. The van der Waals surface area contributed by atoms with Crippen molar-refractivity contribution >= 4 is 11.8 Å². The van der Waals surface area contributed by atoms with Gasteiger partial charge in [-0.2, -0.15) is 0 Å². The fourth-order valence-electron chi connectivity index (χ4n) is 1.18. The van der Waals surface area contributed by atoms with E-state index in [0.717, 1.165) is 5.75 Å². The molecular formula is C9H15NOS. The molecule has 2 nitrogen and oxygen atoms in total. The Labute approximate surface area is 77.9 Å². The van der Waals surface area contributed by atoms with Gasteiger partial charge in [0.1, 0.15) is 5.03 Å². The minimum atomic E-state index is 0.497. The number of nitrogens with zero attached hydrogens (tertiary/aromatic N) is 1. The summed E-state index contributed by atoms with van der Waals surface area (Å²) in [6.45, 7) is 4.33. The zero-order valence-corrected chi connectivity index (χ0v) is 8.81. The zero-order chi connectivity index (χ0) is 9.14. The van der Waals surface area contributed by atoms with Crippen molar-refractivity contribution in [1.82, 2.24) is 4.57 Å². The summed E-state index contributed by atoms with van der Waals surface area (Å²) in [6.07, 6.45) is 4.13. The molecule has 0 aliphatic rings. The number of thioether (sulfide) groups is 1. The maximum absolute atomic E-state index is 5.23. The summed E-state index contributed by atoms with van der Waals surface area (Å²) in [7, 11) is 1.71. The molecule has 1 aromatic rings. The summed E-state index contributed by atoms with van der Waals surface area (Å²) in [5.74, 6) is 0.969. The first kappa shape index (κ1) is 9.52. The number of methoxy groups -OCH3 is 1. The molecule has 0 aromatic carbocycles. The van der Waals surface area contributed by atoms with Crippen molar-refractivity contribution in [3.63, 3.8) is 0 Å². The van der Waals surface area contributed by atoms with Crippen molar-refractivity contribution < 1.29 is 4.74 Å². The Balaban J connectivity index is 3.05. The second kappa shape index (κ2) is 3.90. The molecule has 0 aliphatic heterocycles. The predicted molar refractivity (Wildman–Crippen MR) is 53.2 cm³/mol. The van der Waals surface area contributed by atoms with Gasteiger partial charge in [-0.15, -0.1) is 11.8 Å². The van der Waals surface area contributed by atoms with Gasteiger partial charge in [0.25, 0.3) is 0 Å². The highest BCUT2D eigenvalue weighted by Crippen LogP contribution is 2.30. The first-order valence-corrected chi connectivity index (χ1v) is 5.22. The van der Waals surface area contributed by atoms with Crippen LogP contribution in [-0.2, 0) is 0 Å².